The highest BCUT2D eigenvalue weighted by Crippen LogP contribution is 2.27. The minimum absolute atomic E-state index is 0.326. The maximum atomic E-state index is 12.5. The smallest absolute Gasteiger partial charge is 0.289 e. The molecule has 1 heterocycles. The Hall–Kier alpha value is -3.07. The molecule has 2 aromatic carbocycles. The highest BCUT2D eigenvalue weighted by atomic mass is 32.2. The lowest BCUT2D eigenvalue weighted by Crippen LogP contribution is -2.23. The summed E-state index contributed by atoms with van der Waals surface area (Å²) in [5.41, 5.74) is -0.122. The van der Waals surface area contributed by atoms with Gasteiger partial charge < -0.3 is 5.11 Å². The molecule has 2 N–H and O–H groups in total. The first-order valence-corrected chi connectivity index (χ1v) is 7.94. The van der Waals surface area contributed by atoms with Crippen LogP contribution in [0, 0.1) is 10.1 Å². The minimum Gasteiger partial charge on any atom is -0.493 e. The first kappa shape index (κ1) is 14.9. The number of nitrogens with one attached hydrogen (secondary N) is 1. The Morgan fingerprint density at radius 3 is 2.48 bits per heavy atom. The van der Waals surface area contributed by atoms with E-state index in [0.29, 0.717) is 10.9 Å². The molecule has 0 bridgehead atoms. The summed E-state index contributed by atoms with van der Waals surface area (Å²) in [6, 6.07) is 13.1. The molecule has 8 nitrogen and oxygen atoms in total. The van der Waals surface area contributed by atoms with Crippen molar-refractivity contribution in [1.82, 2.24) is 4.68 Å². The van der Waals surface area contributed by atoms with E-state index < -0.39 is 25.5 Å². The van der Waals surface area contributed by atoms with Gasteiger partial charge in [-0.2, -0.15) is 8.42 Å². The summed E-state index contributed by atoms with van der Waals surface area (Å²) in [4.78, 5) is 11.9. The van der Waals surface area contributed by atoms with Gasteiger partial charge in [0.05, 0.1) is 10.4 Å². The van der Waals surface area contributed by atoms with Gasteiger partial charge in [0.25, 0.3) is 15.7 Å². The Kier molecular flexibility index (Phi) is 3.41. The van der Waals surface area contributed by atoms with E-state index in [4.69, 9.17) is 0 Å². The predicted octanol–water partition coefficient (Wildman–Crippen LogP) is 2.19. The van der Waals surface area contributed by atoms with Crippen LogP contribution < -0.4 is 4.83 Å². The number of benzene rings is 2. The highest BCUT2D eigenvalue weighted by molar-refractivity contribution is 7.92. The second kappa shape index (κ2) is 5.29. The third kappa shape index (κ3) is 2.57. The van der Waals surface area contributed by atoms with E-state index in [1.54, 1.807) is 24.3 Å². The summed E-state index contributed by atoms with van der Waals surface area (Å²) >= 11 is 0. The molecule has 1 aromatic heterocycles. The molecular weight excluding hydrogens is 322 g/mol. The zero-order chi connectivity index (χ0) is 16.6. The van der Waals surface area contributed by atoms with E-state index in [1.807, 2.05) is 0 Å². The van der Waals surface area contributed by atoms with E-state index >= 15 is 0 Å². The summed E-state index contributed by atoms with van der Waals surface area (Å²) in [5.74, 6) is -0.326. The second-order valence-electron chi connectivity index (χ2n) is 4.72. The van der Waals surface area contributed by atoms with Crippen LogP contribution in [0.4, 0.5) is 5.69 Å². The number of nitro groups is 1. The minimum atomic E-state index is -4.26. The molecule has 0 saturated carbocycles. The Bertz CT molecular complexity index is 1010. The normalized spacial score (nSPS) is 11.5. The van der Waals surface area contributed by atoms with Crippen molar-refractivity contribution in [2.24, 2.45) is 0 Å². The van der Waals surface area contributed by atoms with Crippen molar-refractivity contribution in [2.45, 2.75) is 4.90 Å². The molecule has 0 saturated heterocycles. The topological polar surface area (TPSA) is 114 Å². The zero-order valence-electron chi connectivity index (χ0n) is 11.6. The molecule has 0 atom stereocenters. The number of para-hydroxylation sites is 2. The summed E-state index contributed by atoms with van der Waals surface area (Å²) in [6.07, 6.45) is 0. The molecule has 3 aromatic rings. The Morgan fingerprint density at radius 2 is 1.74 bits per heavy atom. The molecule has 0 unspecified atom stereocenters. The summed E-state index contributed by atoms with van der Waals surface area (Å²) < 4.78 is 25.9. The largest absolute Gasteiger partial charge is 0.493 e. The first-order valence-electron chi connectivity index (χ1n) is 6.46. The Morgan fingerprint density at radius 1 is 1.09 bits per heavy atom. The van der Waals surface area contributed by atoms with Crippen LogP contribution in [0.3, 0.4) is 0 Å². The van der Waals surface area contributed by atoms with Crippen LogP contribution >= 0.6 is 0 Å². The number of fused-ring (bicyclic) bond motifs is 1. The summed E-state index contributed by atoms with van der Waals surface area (Å²) in [5, 5.41) is 21.6. The van der Waals surface area contributed by atoms with Crippen LogP contribution in [0.15, 0.2) is 59.5 Å². The van der Waals surface area contributed by atoms with Gasteiger partial charge in [-0.3, -0.25) is 10.1 Å². The van der Waals surface area contributed by atoms with Crippen molar-refractivity contribution in [2.75, 3.05) is 4.83 Å². The molecule has 0 radical (unpaired) electrons. The van der Waals surface area contributed by atoms with Crippen molar-refractivity contribution in [3.8, 4) is 5.88 Å². The molecular formula is C14H11N3O5S. The number of nitro benzene ring substituents is 1. The van der Waals surface area contributed by atoms with Crippen LogP contribution in [-0.4, -0.2) is 23.1 Å². The van der Waals surface area contributed by atoms with Crippen molar-refractivity contribution in [1.29, 1.82) is 0 Å². The molecule has 0 aliphatic heterocycles. The maximum Gasteiger partial charge on any atom is 0.289 e. The maximum absolute atomic E-state index is 12.5. The number of sulfonamides is 1. The second-order valence-corrected chi connectivity index (χ2v) is 6.35. The van der Waals surface area contributed by atoms with Gasteiger partial charge in [-0.05, 0) is 12.1 Å². The third-order valence-corrected chi connectivity index (χ3v) is 4.60. The van der Waals surface area contributed by atoms with Crippen LogP contribution in [0.25, 0.3) is 10.9 Å². The van der Waals surface area contributed by atoms with E-state index in [2.05, 4.69) is 4.83 Å². The van der Waals surface area contributed by atoms with E-state index in [0.717, 1.165) is 16.8 Å². The highest BCUT2D eigenvalue weighted by Gasteiger charge is 2.26. The van der Waals surface area contributed by atoms with Gasteiger partial charge in [-0.15, -0.1) is 0 Å². The van der Waals surface area contributed by atoms with Gasteiger partial charge in [0.1, 0.15) is 0 Å². The average molecular weight is 333 g/mol. The van der Waals surface area contributed by atoms with Crippen molar-refractivity contribution >= 4 is 26.6 Å². The Labute approximate surface area is 130 Å². The van der Waals surface area contributed by atoms with Gasteiger partial charge in [-0.25, -0.2) is 9.51 Å². The zero-order valence-corrected chi connectivity index (χ0v) is 12.4. The molecule has 0 aliphatic rings. The van der Waals surface area contributed by atoms with Crippen LogP contribution in [0.2, 0.25) is 0 Å². The quantitative estimate of drug-likeness (QED) is 0.561. The third-order valence-electron chi connectivity index (χ3n) is 3.25. The SMILES string of the molecule is O=[N+]([O-])c1ccccc1S(=O)(=O)Nn1c(O)cc2ccccc21. The van der Waals surface area contributed by atoms with Gasteiger partial charge in [0, 0.05) is 17.5 Å². The fraction of sp³-hybridized carbons (Fsp3) is 0. The van der Waals surface area contributed by atoms with E-state index in [1.165, 1.54) is 18.2 Å². The lowest BCUT2D eigenvalue weighted by atomic mass is 10.3. The van der Waals surface area contributed by atoms with Gasteiger partial charge in [-0.1, -0.05) is 30.3 Å². The van der Waals surface area contributed by atoms with E-state index in [9.17, 15) is 23.6 Å². The lowest BCUT2D eigenvalue weighted by molar-refractivity contribution is -0.387. The fourth-order valence-corrected chi connectivity index (χ4v) is 3.45. The lowest BCUT2D eigenvalue weighted by Gasteiger charge is -2.11. The number of aromatic hydroxyl groups is 1. The molecule has 0 spiro atoms. The number of nitrogens with zero attached hydrogens (tertiary/aromatic N) is 2. The number of hydrogen-bond donors (Lipinski definition) is 2. The molecule has 0 fully saturated rings. The van der Waals surface area contributed by atoms with Crippen LogP contribution in [0.5, 0.6) is 5.88 Å². The van der Waals surface area contributed by atoms with Gasteiger partial charge >= 0.3 is 0 Å². The van der Waals surface area contributed by atoms with Crippen molar-refractivity contribution in [3.05, 3.63) is 64.7 Å². The average Bonchev–Trinajstić information content (AvgIpc) is 2.83. The fourth-order valence-electron chi connectivity index (χ4n) is 2.24. The number of aromatic nitrogens is 1. The molecule has 3 rings (SSSR count). The molecule has 23 heavy (non-hydrogen) atoms. The summed E-state index contributed by atoms with van der Waals surface area (Å²) in [6.45, 7) is 0. The van der Waals surface area contributed by atoms with Gasteiger partial charge in [0.15, 0.2) is 4.90 Å². The molecule has 0 amide bonds. The summed E-state index contributed by atoms with van der Waals surface area (Å²) in [7, 11) is -4.26. The van der Waals surface area contributed by atoms with Crippen LogP contribution in [0.1, 0.15) is 0 Å². The molecule has 118 valence electrons. The number of hydrogen-bond acceptors (Lipinski definition) is 5. The molecule has 0 aliphatic carbocycles. The van der Waals surface area contributed by atoms with Gasteiger partial charge in [0.2, 0.25) is 5.88 Å². The van der Waals surface area contributed by atoms with Crippen molar-refractivity contribution in [3.63, 3.8) is 0 Å². The van der Waals surface area contributed by atoms with E-state index in [-0.39, 0.29) is 5.88 Å². The standard InChI is InChI=1S/C14H11N3O5S/c18-14-9-10-5-1-2-6-11(10)16(14)15-23(21,22)13-8-4-3-7-12(13)17(19)20/h1-9,15,18H. The first-order chi connectivity index (χ1) is 10.9. The van der Waals surface area contributed by atoms with Crippen molar-refractivity contribution < 1.29 is 18.4 Å². The number of rotatable bonds is 4. The Balaban J connectivity index is 2.12. The predicted molar refractivity (Wildman–Crippen MR) is 83.2 cm³/mol. The molecule has 9 heteroatoms. The van der Waals surface area contributed by atoms with Crippen LogP contribution in [-0.2, 0) is 10.0 Å². The monoisotopic (exact) mass is 333 g/mol.